The predicted molar refractivity (Wildman–Crippen MR) is 69.1 cm³/mol. The number of nitrogens with one attached hydrogen (secondary N) is 1. The molecular weight excluding hydrogens is 248 g/mol. The van der Waals surface area contributed by atoms with Crippen LogP contribution in [0.2, 0.25) is 0 Å². The third-order valence-electron chi connectivity index (χ3n) is 2.86. The lowest BCUT2D eigenvalue weighted by molar-refractivity contribution is -0.130. The largest absolute Gasteiger partial charge is 0.486 e. The smallest absolute Gasteiger partial charge is 0.250 e. The summed E-state index contributed by atoms with van der Waals surface area (Å²) in [4.78, 5) is 11.7. The Bertz CT molecular complexity index is 446. The lowest BCUT2D eigenvalue weighted by Gasteiger charge is -2.19. The van der Waals surface area contributed by atoms with Crippen LogP contribution in [0.4, 0.5) is 0 Å². The maximum absolute atomic E-state index is 11.7. The number of fused-ring (bicyclic) bond motifs is 1. The third kappa shape index (κ3) is 3.36. The van der Waals surface area contributed by atoms with Gasteiger partial charge in [-0.3, -0.25) is 4.79 Å². The fraction of sp³-hybridized carbons (Fsp3) is 0.462. The van der Waals surface area contributed by atoms with Crippen molar-refractivity contribution in [1.29, 1.82) is 0 Å². The summed E-state index contributed by atoms with van der Waals surface area (Å²) in [7, 11) is 1.46. The van der Waals surface area contributed by atoms with E-state index in [1.54, 1.807) is 0 Å². The second-order valence-electron chi connectivity index (χ2n) is 4.16. The van der Waals surface area contributed by atoms with Crippen molar-refractivity contribution in [3.63, 3.8) is 0 Å². The molecule has 1 atom stereocenters. The summed E-state index contributed by atoms with van der Waals surface area (Å²) in [5.41, 5.74) is 6.36. The average molecular weight is 266 g/mol. The SMILES string of the molecule is COC(CN)C(=O)NCc1ccc2c(c1)OCCO2. The second-order valence-corrected chi connectivity index (χ2v) is 4.16. The molecule has 0 saturated carbocycles. The quantitative estimate of drug-likeness (QED) is 0.786. The molecule has 0 bridgehead atoms. The Morgan fingerprint density at radius 1 is 1.42 bits per heavy atom. The number of nitrogens with two attached hydrogens (primary N) is 1. The minimum atomic E-state index is -0.614. The number of amides is 1. The molecule has 1 amide bonds. The highest BCUT2D eigenvalue weighted by Gasteiger charge is 2.16. The van der Waals surface area contributed by atoms with Gasteiger partial charge in [-0.2, -0.15) is 0 Å². The first-order valence-electron chi connectivity index (χ1n) is 6.13. The van der Waals surface area contributed by atoms with Crippen LogP contribution in [0.5, 0.6) is 11.5 Å². The molecule has 1 unspecified atom stereocenters. The fourth-order valence-corrected chi connectivity index (χ4v) is 1.81. The van der Waals surface area contributed by atoms with Crippen LogP contribution in [0.3, 0.4) is 0 Å². The van der Waals surface area contributed by atoms with Crippen LogP contribution in [0.25, 0.3) is 0 Å². The highest BCUT2D eigenvalue weighted by atomic mass is 16.6. The van der Waals surface area contributed by atoms with Crippen molar-refractivity contribution in [2.24, 2.45) is 5.73 Å². The molecule has 0 fully saturated rings. The van der Waals surface area contributed by atoms with Crippen LogP contribution in [-0.4, -0.2) is 38.9 Å². The van der Waals surface area contributed by atoms with Crippen LogP contribution in [0.15, 0.2) is 18.2 Å². The molecule has 0 spiro atoms. The molecule has 1 heterocycles. The average Bonchev–Trinajstić information content (AvgIpc) is 2.46. The van der Waals surface area contributed by atoms with Gasteiger partial charge in [0.05, 0.1) is 0 Å². The number of hydrogen-bond donors (Lipinski definition) is 2. The van der Waals surface area contributed by atoms with Crippen molar-refractivity contribution < 1.29 is 19.0 Å². The van der Waals surface area contributed by atoms with Crippen LogP contribution in [0, 0.1) is 0 Å². The Balaban J connectivity index is 1.94. The number of carbonyl (C=O) groups is 1. The van der Waals surface area contributed by atoms with E-state index in [9.17, 15) is 4.79 Å². The van der Waals surface area contributed by atoms with E-state index in [1.807, 2.05) is 18.2 Å². The molecule has 1 aromatic rings. The molecule has 0 aliphatic carbocycles. The normalized spacial score (nSPS) is 14.8. The van der Waals surface area contributed by atoms with Crippen molar-refractivity contribution >= 4 is 5.91 Å². The van der Waals surface area contributed by atoms with E-state index in [4.69, 9.17) is 19.9 Å². The number of benzene rings is 1. The topological polar surface area (TPSA) is 82.8 Å². The first-order chi connectivity index (χ1) is 9.24. The van der Waals surface area contributed by atoms with E-state index in [0.29, 0.717) is 25.5 Å². The standard InChI is InChI=1S/C13H18N2O4/c1-17-12(7-14)13(16)15-8-9-2-3-10-11(6-9)19-5-4-18-10/h2-3,6,12H,4-5,7-8,14H2,1H3,(H,15,16). The number of rotatable bonds is 5. The second kappa shape index (κ2) is 6.40. The molecule has 3 N–H and O–H groups in total. The van der Waals surface area contributed by atoms with Gasteiger partial charge in [0.15, 0.2) is 11.5 Å². The first-order valence-corrected chi connectivity index (χ1v) is 6.13. The molecule has 19 heavy (non-hydrogen) atoms. The molecule has 1 aliphatic rings. The van der Waals surface area contributed by atoms with Gasteiger partial charge in [0.2, 0.25) is 0 Å². The highest BCUT2D eigenvalue weighted by molar-refractivity contribution is 5.81. The summed E-state index contributed by atoms with van der Waals surface area (Å²) in [6.45, 7) is 1.66. The Morgan fingerprint density at radius 2 is 2.16 bits per heavy atom. The molecule has 0 aromatic heterocycles. The van der Waals surface area contributed by atoms with Gasteiger partial charge in [-0.05, 0) is 17.7 Å². The van der Waals surface area contributed by atoms with Crippen LogP contribution in [-0.2, 0) is 16.1 Å². The van der Waals surface area contributed by atoms with Gasteiger partial charge in [0.25, 0.3) is 5.91 Å². The maximum atomic E-state index is 11.7. The van der Waals surface area contributed by atoms with Crippen molar-refractivity contribution in [2.75, 3.05) is 26.9 Å². The molecule has 1 aromatic carbocycles. The molecule has 2 rings (SSSR count). The summed E-state index contributed by atoms with van der Waals surface area (Å²) >= 11 is 0. The Kier molecular flexibility index (Phi) is 4.59. The number of methoxy groups -OCH3 is 1. The zero-order valence-corrected chi connectivity index (χ0v) is 10.8. The number of hydrogen-bond acceptors (Lipinski definition) is 5. The van der Waals surface area contributed by atoms with Crippen molar-refractivity contribution in [3.05, 3.63) is 23.8 Å². The van der Waals surface area contributed by atoms with Gasteiger partial charge in [-0.1, -0.05) is 6.07 Å². The third-order valence-corrected chi connectivity index (χ3v) is 2.86. The van der Waals surface area contributed by atoms with Crippen molar-refractivity contribution in [3.8, 4) is 11.5 Å². The van der Waals surface area contributed by atoms with Gasteiger partial charge < -0.3 is 25.3 Å². The summed E-state index contributed by atoms with van der Waals surface area (Å²) in [5, 5.41) is 2.77. The van der Waals surface area contributed by atoms with E-state index >= 15 is 0 Å². The van der Waals surface area contributed by atoms with E-state index in [1.165, 1.54) is 7.11 Å². The van der Waals surface area contributed by atoms with Gasteiger partial charge in [-0.25, -0.2) is 0 Å². The molecule has 0 saturated heterocycles. The van der Waals surface area contributed by atoms with Gasteiger partial charge in [-0.15, -0.1) is 0 Å². The maximum Gasteiger partial charge on any atom is 0.250 e. The van der Waals surface area contributed by atoms with Crippen molar-refractivity contribution in [1.82, 2.24) is 5.32 Å². The zero-order valence-electron chi connectivity index (χ0n) is 10.8. The lowest BCUT2D eigenvalue weighted by atomic mass is 10.2. The molecule has 104 valence electrons. The fourth-order valence-electron chi connectivity index (χ4n) is 1.81. The van der Waals surface area contributed by atoms with Crippen LogP contribution >= 0.6 is 0 Å². The summed E-state index contributed by atoms with van der Waals surface area (Å²) in [6.07, 6.45) is -0.614. The summed E-state index contributed by atoms with van der Waals surface area (Å²) in [6, 6.07) is 5.59. The lowest BCUT2D eigenvalue weighted by Crippen LogP contribution is -2.40. The highest BCUT2D eigenvalue weighted by Crippen LogP contribution is 2.30. The van der Waals surface area contributed by atoms with E-state index < -0.39 is 6.10 Å². The predicted octanol–water partition coefficient (Wildman–Crippen LogP) is 0.0477. The Hall–Kier alpha value is -1.79. The zero-order chi connectivity index (χ0) is 13.7. The molecule has 0 radical (unpaired) electrons. The van der Waals surface area contributed by atoms with Crippen LogP contribution in [0.1, 0.15) is 5.56 Å². The van der Waals surface area contributed by atoms with E-state index in [0.717, 1.165) is 11.3 Å². The number of carbonyl (C=O) groups excluding carboxylic acids is 1. The minimum Gasteiger partial charge on any atom is -0.486 e. The van der Waals surface area contributed by atoms with Gasteiger partial charge in [0, 0.05) is 20.2 Å². The Labute approximate surface area is 111 Å². The molecular formula is C13H18N2O4. The molecule has 1 aliphatic heterocycles. The van der Waals surface area contributed by atoms with Gasteiger partial charge >= 0.3 is 0 Å². The van der Waals surface area contributed by atoms with E-state index in [2.05, 4.69) is 5.32 Å². The van der Waals surface area contributed by atoms with Crippen molar-refractivity contribution in [2.45, 2.75) is 12.6 Å². The minimum absolute atomic E-state index is 0.156. The van der Waals surface area contributed by atoms with E-state index in [-0.39, 0.29) is 12.5 Å². The summed E-state index contributed by atoms with van der Waals surface area (Å²) in [5.74, 6) is 1.22. The molecule has 6 nitrogen and oxygen atoms in total. The molecule has 6 heteroatoms. The monoisotopic (exact) mass is 266 g/mol. The van der Waals surface area contributed by atoms with Gasteiger partial charge in [0.1, 0.15) is 19.3 Å². The Morgan fingerprint density at radius 3 is 2.84 bits per heavy atom. The van der Waals surface area contributed by atoms with Crippen LogP contribution < -0.4 is 20.5 Å². The summed E-state index contributed by atoms with van der Waals surface area (Å²) < 4.78 is 15.9. The first kappa shape index (κ1) is 13.6. The number of ether oxygens (including phenoxy) is 3.